The van der Waals surface area contributed by atoms with Gasteiger partial charge < -0.3 is 4.74 Å². The van der Waals surface area contributed by atoms with Crippen molar-refractivity contribution >= 4 is 5.97 Å². The summed E-state index contributed by atoms with van der Waals surface area (Å²) in [5, 5.41) is 0. The highest BCUT2D eigenvalue weighted by molar-refractivity contribution is 5.69. The predicted molar refractivity (Wildman–Crippen MR) is 142 cm³/mol. The van der Waals surface area contributed by atoms with Gasteiger partial charge in [-0.2, -0.15) is 0 Å². The number of esters is 1. The van der Waals surface area contributed by atoms with E-state index in [1.807, 2.05) is 6.92 Å². The van der Waals surface area contributed by atoms with Crippen molar-refractivity contribution in [2.45, 2.75) is 129 Å². The molecule has 0 rings (SSSR count). The fraction of sp³-hybridized carbons (Fsp3) is 0.700. The Morgan fingerprint density at radius 3 is 1.62 bits per heavy atom. The molecule has 0 saturated heterocycles. The Balaban J connectivity index is 3.23. The number of rotatable bonds is 23. The highest BCUT2D eigenvalue weighted by atomic mass is 16.5. The summed E-state index contributed by atoms with van der Waals surface area (Å²) in [7, 11) is 0. The molecule has 2 nitrogen and oxygen atoms in total. The van der Waals surface area contributed by atoms with Crippen LogP contribution in [0.1, 0.15) is 129 Å². The van der Waals surface area contributed by atoms with E-state index in [0.717, 1.165) is 25.7 Å². The van der Waals surface area contributed by atoms with Gasteiger partial charge in [-0.05, 0) is 51.9 Å². The van der Waals surface area contributed by atoms with Crippen LogP contribution in [0.25, 0.3) is 0 Å². The van der Waals surface area contributed by atoms with Crippen LogP contribution >= 0.6 is 0 Å². The molecule has 0 spiro atoms. The lowest BCUT2D eigenvalue weighted by Crippen LogP contribution is -2.05. The van der Waals surface area contributed by atoms with Crippen LogP contribution in [0.5, 0.6) is 0 Å². The van der Waals surface area contributed by atoms with Gasteiger partial charge >= 0.3 is 5.97 Å². The highest BCUT2D eigenvalue weighted by Crippen LogP contribution is 2.11. The standard InChI is InChI=1S/C30H52O2/c1-3-5-7-9-11-13-15-16-17-19-21-23-25-27-29-32-30(31)28-26-24-22-20-18-14-12-10-8-6-4-2/h4-11H,3,12-29H2,1-2H3/b6-4+,7-5+,10-8+,11-9+. The minimum absolute atomic E-state index is 0.00153. The lowest BCUT2D eigenvalue weighted by atomic mass is 10.1. The Morgan fingerprint density at radius 2 is 1.06 bits per heavy atom. The largest absolute Gasteiger partial charge is 0.466 e. The van der Waals surface area contributed by atoms with E-state index < -0.39 is 0 Å². The minimum atomic E-state index is -0.00153. The van der Waals surface area contributed by atoms with Gasteiger partial charge in [0.05, 0.1) is 6.61 Å². The smallest absolute Gasteiger partial charge is 0.305 e. The molecule has 32 heavy (non-hydrogen) atoms. The van der Waals surface area contributed by atoms with E-state index >= 15 is 0 Å². The van der Waals surface area contributed by atoms with Crippen LogP contribution in [0.2, 0.25) is 0 Å². The van der Waals surface area contributed by atoms with Gasteiger partial charge in [-0.3, -0.25) is 4.79 Å². The van der Waals surface area contributed by atoms with Crippen LogP contribution in [0.15, 0.2) is 48.6 Å². The van der Waals surface area contributed by atoms with Crippen molar-refractivity contribution in [3.05, 3.63) is 48.6 Å². The number of unbranched alkanes of at least 4 members (excludes halogenated alkanes) is 14. The number of hydrogen-bond acceptors (Lipinski definition) is 2. The Hall–Kier alpha value is -1.57. The molecular weight excluding hydrogens is 392 g/mol. The van der Waals surface area contributed by atoms with Gasteiger partial charge in [-0.25, -0.2) is 0 Å². The zero-order valence-electron chi connectivity index (χ0n) is 21.4. The zero-order valence-corrected chi connectivity index (χ0v) is 21.4. The molecule has 0 aliphatic rings. The maximum Gasteiger partial charge on any atom is 0.305 e. The van der Waals surface area contributed by atoms with Gasteiger partial charge in [0, 0.05) is 6.42 Å². The first-order valence-corrected chi connectivity index (χ1v) is 13.6. The number of carbonyl (C=O) groups excluding carboxylic acids is 1. The number of allylic oxidation sites excluding steroid dienone is 8. The molecular formula is C30H52O2. The molecule has 0 aliphatic heterocycles. The third-order valence-corrected chi connectivity index (χ3v) is 5.59. The quantitative estimate of drug-likeness (QED) is 0.0890. The third-order valence-electron chi connectivity index (χ3n) is 5.59. The summed E-state index contributed by atoms with van der Waals surface area (Å²) in [5.74, 6) is -0.00153. The summed E-state index contributed by atoms with van der Waals surface area (Å²) < 4.78 is 5.38. The van der Waals surface area contributed by atoms with Crippen molar-refractivity contribution < 1.29 is 9.53 Å². The molecule has 0 aromatic heterocycles. The van der Waals surface area contributed by atoms with E-state index in [-0.39, 0.29) is 5.97 Å². The lowest BCUT2D eigenvalue weighted by Gasteiger charge is -2.05. The van der Waals surface area contributed by atoms with Crippen molar-refractivity contribution in [2.24, 2.45) is 0 Å². The first-order chi connectivity index (χ1) is 15.8. The second kappa shape index (κ2) is 27.5. The molecule has 184 valence electrons. The molecule has 2 heteroatoms. The zero-order chi connectivity index (χ0) is 23.4. The highest BCUT2D eigenvalue weighted by Gasteiger charge is 2.02. The van der Waals surface area contributed by atoms with Crippen molar-refractivity contribution in [2.75, 3.05) is 6.61 Å². The number of ether oxygens (including phenoxy) is 1. The summed E-state index contributed by atoms with van der Waals surface area (Å²) in [6, 6.07) is 0. The van der Waals surface area contributed by atoms with Crippen molar-refractivity contribution in [3.8, 4) is 0 Å². The van der Waals surface area contributed by atoms with Gasteiger partial charge in [-0.1, -0.05) is 120 Å². The molecule has 0 atom stereocenters. The Bertz CT molecular complexity index is 499. The average Bonchev–Trinajstić information content (AvgIpc) is 2.80. The summed E-state index contributed by atoms with van der Waals surface area (Å²) in [5.41, 5.74) is 0. The molecule has 0 fully saturated rings. The SMILES string of the molecule is C/C=C/C=C/CCCCCCCCC(=O)OCCCCCCCCCC/C=C/C=C/CC. The Kier molecular flexibility index (Phi) is 26.1. The number of hydrogen-bond donors (Lipinski definition) is 0. The van der Waals surface area contributed by atoms with Crippen LogP contribution in [0, 0.1) is 0 Å². The molecule has 0 heterocycles. The van der Waals surface area contributed by atoms with E-state index in [1.165, 1.54) is 83.5 Å². The van der Waals surface area contributed by atoms with Crippen LogP contribution < -0.4 is 0 Å². The van der Waals surface area contributed by atoms with Gasteiger partial charge in [0.1, 0.15) is 0 Å². The second-order valence-corrected chi connectivity index (χ2v) is 8.72. The normalized spacial score (nSPS) is 12.2. The number of carbonyl (C=O) groups is 1. The average molecular weight is 445 g/mol. The van der Waals surface area contributed by atoms with E-state index in [0.29, 0.717) is 13.0 Å². The van der Waals surface area contributed by atoms with Gasteiger partial charge in [0.25, 0.3) is 0 Å². The summed E-state index contributed by atoms with van der Waals surface area (Å²) >= 11 is 0. The Labute approximate surface area is 200 Å². The van der Waals surface area contributed by atoms with E-state index in [4.69, 9.17) is 4.74 Å². The summed E-state index contributed by atoms with van der Waals surface area (Å²) in [4.78, 5) is 11.8. The van der Waals surface area contributed by atoms with Crippen LogP contribution in [-0.2, 0) is 9.53 Å². The monoisotopic (exact) mass is 444 g/mol. The van der Waals surface area contributed by atoms with E-state index in [2.05, 4.69) is 55.5 Å². The summed E-state index contributed by atoms with van der Waals surface area (Å²) in [6.45, 7) is 4.81. The van der Waals surface area contributed by atoms with E-state index in [1.54, 1.807) is 0 Å². The fourth-order valence-corrected chi connectivity index (χ4v) is 3.60. The van der Waals surface area contributed by atoms with Crippen LogP contribution in [-0.4, -0.2) is 12.6 Å². The molecule has 0 N–H and O–H groups in total. The maximum atomic E-state index is 11.8. The molecule has 0 unspecified atom stereocenters. The first kappa shape index (κ1) is 30.4. The Morgan fingerprint density at radius 1 is 0.594 bits per heavy atom. The van der Waals surface area contributed by atoms with Crippen molar-refractivity contribution in [1.29, 1.82) is 0 Å². The van der Waals surface area contributed by atoms with Gasteiger partial charge in [0.2, 0.25) is 0 Å². The molecule has 0 amide bonds. The maximum absolute atomic E-state index is 11.8. The van der Waals surface area contributed by atoms with Crippen LogP contribution in [0.4, 0.5) is 0 Å². The topological polar surface area (TPSA) is 26.3 Å². The van der Waals surface area contributed by atoms with Crippen molar-refractivity contribution in [1.82, 2.24) is 0 Å². The van der Waals surface area contributed by atoms with Crippen LogP contribution in [0.3, 0.4) is 0 Å². The fourth-order valence-electron chi connectivity index (χ4n) is 3.60. The summed E-state index contributed by atoms with van der Waals surface area (Å²) in [6.07, 6.45) is 38.7. The first-order valence-electron chi connectivity index (χ1n) is 13.6. The van der Waals surface area contributed by atoms with Gasteiger partial charge in [-0.15, -0.1) is 0 Å². The lowest BCUT2D eigenvalue weighted by molar-refractivity contribution is -0.143. The van der Waals surface area contributed by atoms with E-state index in [9.17, 15) is 4.79 Å². The molecule has 0 bridgehead atoms. The molecule has 0 saturated carbocycles. The molecule has 0 aromatic rings. The molecule has 0 aliphatic carbocycles. The molecule has 0 radical (unpaired) electrons. The predicted octanol–water partition coefficient (Wildman–Crippen LogP) is 9.82. The second-order valence-electron chi connectivity index (χ2n) is 8.72. The molecule has 0 aromatic carbocycles. The minimum Gasteiger partial charge on any atom is -0.466 e. The van der Waals surface area contributed by atoms with Gasteiger partial charge in [0.15, 0.2) is 0 Å². The van der Waals surface area contributed by atoms with Crippen molar-refractivity contribution in [3.63, 3.8) is 0 Å². The third kappa shape index (κ3) is 26.5.